The molecule has 0 aromatic carbocycles. The van der Waals surface area contributed by atoms with E-state index in [-0.39, 0.29) is 5.69 Å². The van der Waals surface area contributed by atoms with Gasteiger partial charge in [0.25, 0.3) is 0 Å². The third kappa shape index (κ3) is 1.70. The van der Waals surface area contributed by atoms with Gasteiger partial charge in [0.2, 0.25) is 0 Å². The van der Waals surface area contributed by atoms with Crippen LogP contribution in [0.15, 0.2) is 6.20 Å². The third-order valence-electron chi connectivity index (χ3n) is 2.63. The number of esters is 1. The van der Waals surface area contributed by atoms with E-state index in [9.17, 15) is 9.90 Å². The fraction of sp³-hybridized carbons (Fsp3) is 0.600. The second-order valence-electron chi connectivity index (χ2n) is 3.92. The summed E-state index contributed by atoms with van der Waals surface area (Å²) >= 11 is 0. The first kappa shape index (κ1) is 11.1. The summed E-state index contributed by atoms with van der Waals surface area (Å²) < 4.78 is 6.41. The Labute approximate surface area is 93.2 Å². The predicted octanol–water partition coefficient (Wildman–Crippen LogP) is -0.612. The Hall–Kier alpha value is -1.40. The molecule has 0 atom stereocenters. The summed E-state index contributed by atoms with van der Waals surface area (Å²) in [4.78, 5) is 11.6. The van der Waals surface area contributed by atoms with E-state index >= 15 is 0 Å². The topological polar surface area (TPSA) is 76.4 Å². The van der Waals surface area contributed by atoms with Crippen molar-refractivity contribution in [3.8, 4) is 0 Å². The number of ether oxygens (including phenoxy) is 1. The monoisotopic (exact) mass is 225 g/mol. The van der Waals surface area contributed by atoms with Crippen LogP contribution in [0.5, 0.6) is 0 Å². The van der Waals surface area contributed by atoms with Crippen LogP contribution in [0.25, 0.3) is 0 Å². The maximum absolute atomic E-state index is 11.6. The summed E-state index contributed by atoms with van der Waals surface area (Å²) in [6.07, 6.45) is 1.66. The van der Waals surface area contributed by atoms with Gasteiger partial charge < -0.3 is 15.2 Å². The molecule has 0 spiro atoms. The van der Waals surface area contributed by atoms with E-state index in [1.807, 2.05) is 0 Å². The number of hydrogen-bond acceptors (Lipinski definition) is 5. The highest BCUT2D eigenvalue weighted by Crippen LogP contribution is 2.28. The predicted molar refractivity (Wildman–Crippen MR) is 55.9 cm³/mol. The van der Waals surface area contributed by atoms with Gasteiger partial charge >= 0.3 is 5.97 Å². The van der Waals surface area contributed by atoms with E-state index < -0.39 is 11.6 Å². The lowest BCUT2D eigenvalue weighted by atomic mass is 9.88. The standard InChI is InChI=1S/C10H15N3O3/c1-3-16-9(14)8-7(4-13(2)12-8)10(15)5-11-6-10/h4,11,15H,3,5-6H2,1-2H3. The Bertz CT molecular complexity index is 409. The number of carbonyl (C=O) groups excluding carboxylic acids is 1. The molecule has 2 rings (SSSR count). The Morgan fingerprint density at radius 1 is 1.75 bits per heavy atom. The molecule has 0 aliphatic carbocycles. The van der Waals surface area contributed by atoms with E-state index in [1.54, 1.807) is 20.2 Å². The summed E-state index contributed by atoms with van der Waals surface area (Å²) in [6.45, 7) is 2.90. The van der Waals surface area contributed by atoms with Gasteiger partial charge in [0.05, 0.1) is 6.61 Å². The van der Waals surface area contributed by atoms with Crippen LogP contribution < -0.4 is 5.32 Å². The highest BCUT2D eigenvalue weighted by molar-refractivity contribution is 5.89. The van der Waals surface area contributed by atoms with Gasteiger partial charge in [0.15, 0.2) is 5.69 Å². The second kappa shape index (κ2) is 3.88. The average Bonchev–Trinajstić information content (AvgIpc) is 2.57. The van der Waals surface area contributed by atoms with Crippen LogP contribution in [-0.4, -0.2) is 40.6 Å². The van der Waals surface area contributed by atoms with Crippen molar-refractivity contribution < 1.29 is 14.6 Å². The lowest BCUT2D eigenvalue weighted by Crippen LogP contribution is -2.57. The first-order valence-electron chi connectivity index (χ1n) is 5.21. The first-order valence-corrected chi connectivity index (χ1v) is 5.21. The molecule has 1 aromatic rings. The van der Waals surface area contributed by atoms with Crippen LogP contribution in [0.2, 0.25) is 0 Å². The van der Waals surface area contributed by atoms with E-state index in [2.05, 4.69) is 10.4 Å². The van der Waals surface area contributed by atoms with Crippen LogP contribution in [0.3, 0.4) is 0 Å². The number of nitrogens with one attached hydrogen (secondary N) is 1. The third-order valence-corrected chi connectivity index (χ3v) is 2.63. The maximum atomic E-state index is 11.6. The molecule has 1 aliphatic heterocycles. The van der Waals surface area contributed by atoms with Crippen molar-refractivity contribution in [2.75, 3.05) is 19.7 Å². The van der Waals surface area contributed by atoms with Crippen LogP contribution in [0.4, 0.5) is 0 Å². The van der Waals surface area contributed by atoms with Gasteiger partial charge in [-0.1, -0.05) is 0 Å². The van der Waals surface area contributed by atoms with Gasteiger partial charge in [-0.2, -0.15) is 5.10 Å². The van der Waals surface area contributed by atoms with Gasteiger partial charge in [-0.05, 0) is 6.92 Å². The van der Waals surface area contributed by atoms with Crippen molar-refractivity contribution in [2.45, 2.75) is 12.5 Å². The smallest absolute Gasteiger partial charge is 0.359 e. The summed E-state index contributed by atoms with van der Waals surface area (Å²) in [7, 11) is 1.71. The Morgan fingerprint density at radius 3 is 2.94 bits per heavy atom. The van der Waals surface area contributed by atoms with Gasteiger partial charge in [-0.25, -0.2) is 4.79 Å². The second-order valence-corrected chi connectivity index (χ2v) is 3.92. The highest BCUT2D eigenvalue weighted by Gasteiger charge is 2.41. The van der Waals surface area contributed by atoms with Crippen LogP contribution in [0, 0.1) is 0 Å². The Kier molecular flexibility index (Phi) is 2.69. The molecule has 16 heavy (non-hydrogen) atoms. The zero-order valence-electron chi connectivity index (χ0n) is 9.36. The maximum Gasteiger partial charge on any atom is 0.359 e. The van der Waals surface area contributed by atoms with Gasteiger partial charge in [0, 0.05) is 31.9 Å². The van der Waals surface area contributed by atoms with E-state index in [4.69, 9.17) is 4.74 Å². The van der Waals surface area contributed by atoms with Crippen molar-refractivity contribution in [1.29, 1.82) is 0 Å². The minimum atomic E-state index is -0.990. The van der Waals surface area contributed by atoms with Crippen molar-refractivity contribution >= 4 is 5.97 Å². The van der Waals surface area contributed by atoms with Crippen molar-refractivity contribution in [1.82, 2.24) is 15.1 Å². The molecule has 0 bridgehead atoms. The fourth-order valence-corrected chi connectivity index (χ4v) is 1.73. The van der Waals surface area contributed by atoms with E-state index in [0.29, 0.717) is 25.3 Å². The molecule has 2 N–H and O–H groups in total. The highest BCUT2D eigenvalue weighted by atomic mass is 16.5. The Balaban J connectivity index is 2.34. The van der Waals surface area contributed by atoms with Gasteiger partial charge in [-0.3, -0.25) is 4.68 Å². The summed E-state index contributed by atoms with van der Waals surface area (Å²) in [5, 5.41) is 17.2. The summed E-state index contributed by atoms with van der Waals surface area (Å²) in [6, 6.07) is 0. The molecule has 88 valence electrons. The lowest BCUT2D eigenvalue weighted by molar-refractivity contribution is -0.0161. The molecule has 1 aliphatic rings. The number of aryl methyl sites for hydroxylation is 1. The molecule has 1 fully saturated rings. The van der Waals surface area contributed by atoms with Crippen LogP contribution in [-0.2, 0) is 17.4 Å². The number of hydrogen-bond donors (Lipinski definition) is 2. The van der Waals surface area contributed by atoms with Gasteiger partial charge in [0.1, 0.15) is 5.60 Å². The number of carbonyl (C=O) groups is 1. The minimum Gasteiger partial charge on any atom is -0.461 e. The molecular formula is C10H15N3O3. The summed E-state index contributed by atoms with van der Waals surface area (Å²) in [5.41, 5.74) is -0.253. The molecule has 0 saturated carbocycles. The minimum absolute atomic E-state index is 0.202. The number of aliphatic hydroxyl groups is 1. The quantitative estimate of drug-likeness (QED) is 0.671. The SMILES string of the molecule is CCOC(=O)c1nn(C)cc1C1(O)CNC1. The molecule has 6 heteroatoms. The first-order chi connectivity index (χ1) is 7.57. The molecule has 2 heterocycles. The number of β-amino-alcohol motifs (C(OH)–C–C–N with tert-alkyl or cyclic N) is 1. The van der Waals surface area contributed by atoms with E-state index in [1.165, 1.54) is 4.68 Å². The normalized spacial score (nSPS) is 17.9. The van der Waals surface area contributed by atoms with Crippen LogP contribution in [0.1, 0.15) is 23.0 Å². The molecule has 0 amide bonds. The van der Waals surface area contributed by atoms with Crippen molar-refractivity contribution in [3.05, 3.63) is 17.5 Å². The summed E-state index contributed by atoms with van der Waals surface area (Å²) in [5.74, 6) is -0.488. The largest absolute Gasteiger partial charge is 0.461 e. The molecule has 1 aromatic heterocycles. The molecule has 0 radical (unpaired) electrons. The zero-order valence-corrected chi connectivity index (χ0v) is 9.36. The molecular weight excluding hydrogens is 210 g/mol. The van der Waals surface area contributed by atoms with Crippen molar-refractivity contribution in [2.24, 2.45) is 7.05 Å². The molecule has 1 saturated heterocycles. The lowest BCUT2D eigenvalue weighted by Gasteiger charge is -2.37. The average molecular weight is 225 g/mol. The Morgan fingerprint density at radius 2 is 2.44 bits per heavy atom. The van der Waals surface area contributed by atoms with Crippen molar-refractivity contribution in [3.63, 3.8) is 0 Å². The molecule has 0 unspecified atom stereocenters. The fourth-order valence-electron chi connectivity index (χ4n) is 1.73. The molecule has 6 nitrogen and oxygen atoms in total. The number of rotatable bonds is 3. The zero-order chi connectivity index (χ0) is 11.8. The number of aromatic nitrogens is 2. The van der Waals surface area contributed by atoms with E-state index in [0.717, 1.165) is 0 Å². The van der Waals surface area contributed by atoms with Gasteiger partial charge in [-0.15, -0.1) is 0 Å². The van der Waals surface area contributed by atoms with Crippen LogP contribution >= 0.6 is 0 Å². The number of nitrogens with zero attached hydrogens (tertiary/aromatic N) is 2.